The minimum Gasteiger partial charge on any atom is -0.458 e. The van der Waals surface area contributed by atoms with Gasteiger partial charge in [-0.1, -0.05) is 11.6 Å². The van der Waals surface area contributed by atoms with Crippen LogP contribution in [0.2, 0.25) is 10.3 Å². The van der Waals surface area contributed by atoms with Gasteiger partial charge in [-0.15, -0.1) is 0 Å². The number of amides is 1. The average Bonchev–Trinajstić information content (AvgIpc) is 2.92. The number of ether oxygens (including phenoxy) is 1. The summed E-state index contributed by atoms with van der Waals surface area (Å²) in [5, 5.41) is 0.125. The molecule has 0 radical (unpaired) electrons. The van der Waals surface area contributed by atoms with Gasteiger partial charge in [0.25, 0.3) is 5.91 Å². The van der Waals surface area contributed by atoms with Gasteiger partial charge in [0.1, 0.15) is 17.5 Å². The number of nitrogens with zero attached hydrogens (tertiary/aromatic N) is 3. The third kappa shape index (κ3) is 3.95. The van der Waals surface area contributed by atoms with Crippen molar-refractivity contribution in [1.82, 2.24) is 14.9 Å². The molecule has 0 fully saturated rings. The lowest BCUT2D eigenvalue weighted by molar-refractivity contribution is -0.159. The van der Waals surface area contributed by atoms with Crippen molar-refractivity contribution in [2.45, 2.75) is 45.9 Å². The molecule has 1 aliphatic rings. The second-order valence-corrected chi connectivity index (χ2v) is 8.21. The first kappa shape index (κ1) is 20.5. The van der Waals surface area contributed by atoms with Crippen LogP contribution in [0.1, 0.15) is 43.6 Å². The quantitative estimate of drug-likeness (QED) is 0.541. The molecule has 28 heavy (non-hydrogen) atoms. The van der Waals surface area contributed by atoms with Crippen LogP contribution in [0.25, 0.3) is 11.3 Å². The number of carbonyl (C=O) groups excluding carboxylic acids is 2. The number of carbonyl (C=O) groups is 2. The predicted molar refractivity (Wildman–Crippen MR) is 103 cm³/mol. The number of hydrogen-bond donors (Lipinski definition) is 0. The predicted octanol–water partition coefficient (Wildman–Crippen LogP) is 4.28. The van der Waals surface area contributed by atoms with Crippen molar-refractivity contribution in [1.29, 1.82) is 0 Å². The summed E-state index contributed by atoms with van der Waals surface area (Å²) in [5.74, 6) is -1.61. The second kappa shape index (κ2) is 7.29. The molecule has 3 rings (SSSR count). The Bertz CT molecular complexity index is 976. The lowest BCUT2D eigenvalue weighted by Gasteiger charge is -2.27. The number of halogens is 3. The van der Waals surface area contributed by atoms with E-state index in [0.717, 1.165) is 0 Å². The number of esters is 1. The number of aromatic nitrogens is 2. The highest BCUT2D eigenvalue weighted by Crippen LogP contribution is 2.34. The molecule has 0 aliphatic carbocycles. The molecule has 1 aromatic carbocycles. The fourth-order valence-corrected chi connectivity index (χ4v) is 3.23. The fraction of sp³-hybridized carbons (Fsp3) is 0.368. The van der Waals surface area contributed by atoms with E-state index in [1.807, 2.05) is 0 Å². The molecule has 148 valence electrons. The summed E-state index contributed by atoms with van der Waals surface area (Å²) in [5.41, 5.74) is 0.180. The molecule has 1 aliphatic heterocycles. The molecule has 1 unspecified atom stereocenters. The normalized spacial score (nSPS) is 14.8. The summed E-state index contributed by atoms with van der Waals surface area (Å²) in [6, 6.07) is 1.87. The van der Waals surface area contributed by atoms with Crippen molar-refractivity contribution in [3.63, 3.8) is 0 Å². The van der Waals surface area contributed by atoms with E-state index >= 15 is 0 Å². The van der Waals surface area contributed by atoms with Crippen LogP contribution in [-0.4, -0.2) is 38.4 Å². The lowest BCUT2D eigenvalue weighted by Crippen LogP contribution is -2.42. The van der Waals surface area contributed by atoms with E-state index in [0.29, 0.717) is 5.56 Å². The van der Waals surface area contributed by atoms with Crippen molar-refractivity contribution in [3.8, 4) is 11.3 Å². The first-order valence-corrected chi connectivity index (χ1v) is 9.28. The molecule has 0 saturated heterocycles. The Morgan fingerprint density at radius 2 is 2.00 bits per heavy atom. The first-order valence-electron chi connectivity index (χ1n) is 8.52. The molecular weight excluding hydrogens is 408 g/mol. The van der Waals surface area contributed by atoms with E-state index in [9.17, 15) is 14.0 Å². The topological polar surface area (TPSA) is 72.4 Å². The zero-order chi connectivity index (χ0) is 20.8. The van der Waals surface area contributed by atoms with E-state index < -0.39 is 29.3 Å². The Kier molecular flexibility index (Phi) is 5.34. The van der Waals surface area contributed by atoms with Gasteiger partial charge >= 0.3 is 5.97 Å². The van der Waals surface area contributed by atoms with Crippen molar-refractivity contribution in [2.24, 2.45) is 0 Å². The summed E-state index contributed by atoms with van der Waals surface area (Å²) in [7, 11) is 0. The fourth-order valence-electron chi connectivity index (χ4n) is 2.90. The third-order valence-corrected chi connectivity index (χ3v) is 4.68. The Morgan fingerprint density at radius 3 is 2.64 bits per heavy atom. The Morgan fingerprint density at radius 1 is 1.32 bits per heavy atom. The smallest absolute Gasteiger partial charge is 0.329 e. The van der Waals surface area contributed by atoms with Crippen LogP contribution in [0.4, 0.5) is 4.39 Å². The van der Waals surface area contributed by atoms with Crippen molar-refractivity contribution in [3.05, 3.63) is 45.6 Å². The highest BCUT2D eigenvalue weighted by molar-refractivity contribution is 6.33. The summed E-state index contributed by atoms with van der Waals surface area (Å²) < 4.78 is 20.1. The monoisotopic (exact) mass is 425 g/mol. The minimum absolute atomic E-state index is 0.0288. The van der Waals surface area contributed by atoms with E-state index in [2.05, 4.69) is 9.97 Å². The number of hydrogen-bond acceptors (Lipinski definition) is 5. The van der Waals surface area contributed by atoms with Crippen molar-refractivity contribution in [2.75, 3.05) is 0 Å². The van der Waals surface area contributed by atoms with Gasteiger partial charge in [-0.05, 0) is 51.4 Å². The molecule has 1 atom stereocenters. The first-order chi connectivity index (χ1) is 13.0. The molecule has 2 heterocycles. The SMILES string of the molecule is CC(C(=O)OC(C)(C)C)N1Cc2c(F)cc(-c3nc(Cl)ncc3Cl)cc2C1=O. The van der Waals surface area contributed by atoms with E-state index in [4.69, 9.17) is 27.9 Å². The molecule has 2 aromatic rings. The van der Waals surface area contributed by atoms with Crippen LogP contribution in [0, 0.1) is 5.82 Å². The number of benzene rings is 1. The van der Waals surface area contributed by atoms with Gasteiger partial charge in [-0.3, -0.25) is 4.79 Å². The Hall–Kier alpha value is -2.25. The summed E-state index contributed by atoms with van der Waals surface area (Å²) >= 11 is 11.9. The lowest BCUT2D eigenvalue weighted by atomic mass is 10.0. The van der Waals surface area contributed by atoms with Crippen LogP contribution >= 0.6 is 23.2 Å². The van der Waals surface area contributed by atoms with Crippen molar-refractivity contribution < 1.29 is 18.7 Å². The molecule has 0 bridgehead atoms. The van der Waals surface area contributed by atoms with Crippen LogP contribution in [-0.2, 0) is 16.1 Å². The summed E-state index contributed by atoms with van der Waals surface area (Å²) in [6.45, 7) is 6.73. The molecule has 1 amide bonds. The molecule has 1 aromatic heterocycles. The zero-order valence-electron chi connectivity index (χ0n) is 15.7. The van der Waals surface area contributed by atoms with E-state index in [1.54, 1.807) is 27.7 Å². The Balaban J connectivity index is 1.95. The number of fused-ring (bicyclic) bond motifs is 1. The van der Waals surface area contributed by atoms with Crippen LogP contribution in [0.5, 0.6) is 0 Å². The van der Waals surface area contributed by atoms with E-state index in [-0.39, 0.29) is 33.7 Å². The molecule has 0 N–H and O–H groups in total. The Labute approximate surface area is 171 Å². The highest BCUT2D eigenvalue weighted by Gasteiger charge is 2.37. The largest absolute Gasteiger partial charge is 0.458 e. The number of rotatable bonds is 3. The zero-order valence-corrected chi connectivity index (χ0v) is 17.2. The molecule has 0 saturated carbocycles. The van der Waals surface area contributed by atoms with Gasteiger partial charge < -0.3 is 9.64 Å². The van der Waals surface area contributed by atoms with Gasteiger partial charge in [0, 0.05) is 16.7 Å². The molecule has 6 nitrogen and oxygen atoms in total. The maximum absolute atomic E-state index is 14.7. The maximum atomic E-state index is 14.7. The maximum Gasteiger partial charge on any atom is 0.329 e. The third-order valence-electron chi connectivity index (χ3n) is 4.22. The molecule has 9 heteroatoms. The minimum atomic E-state index is -0.862. The van der Waals surface area contributed by atoms with Gasteiger partial charge in [0.05, 0.1) is 23.5 Å². The van der Waals surface area contributed by atoms with Crippen LogP contribution in [0.15, 0.2) is 18.3 Å². The van der Waals surface area contributed by atoms with Gasteiger partial charge in [-0.2, -0.15) is 0 Å². The van der Waals surface area contributed by atoms with Crippen molar-refractivity contribution >= 4 is 35.1 Å². The van der Waals surface area contributed by atoms with Gasteiger partial charge in [0.15, 0.2) is 0 Å². The average molecular weight is 426 g/mol. The van der Waals surface area contributed by atoms with Crippen LogP contribution < -0.4 is 0 Å². The summed E-state index contributed by atoms with van der Waals surface area (Å²) in [4.78, 5) is 34.2. The highest BCUT2D eigenvalue weighted by atomic mass is 35.5. The summed E-state index contributed by atoms with van der Waals surface area (Å²) in [6.07, 6.45) is 1.30. The standard InChI is InChI=1S/C19H18Cl2FN3O3/c1-9(17(27)28-19(2,3)4)25-8-12-11(16(25)26)5-10(6-14(12)22)15-13(20)7-23-18(21)24-15/h5-7,9H,8H2,1-4H3. The van der Waals surface area contributed by atoms with Gasteiger partial charge in [-0.25, -0.2) is 19.2 Å². The van der Waals surface area contributed by atoms with Crippen LogP contribution in [0.3, 0.4) is 0 Å². The van der Waals surface area contributed by atoms with E-state index in [1.165, 1.54) is 23.2 Å². The molecular formula is C19H18Cl2FN3O3. The van der Waals surface area contributed by atoms with Gasteiger partial charge in [0.2, 0.25) is 5.28 Å². The molecule has 0 spiro atoms. The second-order valence-electron chi connectivity index (χ2n) is 7.46.